The van der Waals surface area contributed by atoms with Crippen LogP contribution >= 0.6 is 0 Å². The first-order chi connectivity index (χ1) is 7.48. The molecule has 1 rings (SSSR count). The van der Waals surface area contributed by atoms with Crippen molar-refractivity contribution in [1.82, 2.24) is 0 Å². The Labute approximate surface area is 97.6 Å². The van der Waals surface area contributed by atoms with E-state index in [1.54, 1.807) is 0 Å². The number of benzene rings is 1. The Morgan fingerprint density at radius 3 is 2.38 bits per heavy atom. The highest BCUT2D eigenvalue weighted by Crippen LogP contribution is 2.25. The van der Waals surface area contributed by atoms with Crippen LogP contribution in [-0.2, 0) is 14.9 Å². The standard InChI is InChI=1S/C14H20O2/c1-5-11(2)16-13(15)14(3,4)12-9-7-6-8-10-12/h6-11H,5H2,1-4H3. The van der Waals surface area contributed by atoms with Crippen LogP contribution in [0.15, 0.2) is 30.3 Å². The fourth-order valence-electron chi connectivity index (χ4n) is 1.39. The fraction of sp³-hybridized carbons (Fsp3) is 0.500. The summed E-state index contributed by atoms with van der Waals surface area (Å²) in [5, 5.41) is 0. The number of carbonyl (C=O) groups excluding carboxylic acids is 1. The van der Waals surface area contributed by atoms with Crippen LogP contribution in [0.2, 0.25) is 0 Å². The van der Waals surface area contributed by atoms with Gasteiger partial charge in [0.2, 0.25) is 0 Å². The first-order valence-electron chi connectivity index (χ1n) is 5.75. The molecule has 0 spiro atoms. The molecule has 1 unspecified atom stereocenters. The van der Waals surface area contributed by atoms with Gasteiger partial charge in [0.15, 0.2) is 0 Å². The SMILES string of the molecule is CCC(C)OC(=O)C(C)(C)c1ccccc1. The van der Waals surface area contributed by atoms with Gasteiger partial charge in [-0.05, 0) is 32.8 Å². The Morgan fingerprint density at radius 1 is 1.31 bits per heavy atom. The molecule has 1 aromatic carbocycles. The lowest BCUT2D eigenvalue weighted by Gasteiger charge is -2.25. The Hall–Kier alpha value is -1.31. The summed E-state index contributed by atoms with van der Waals surface area (Å²) in [6.07, 6.45) is 0.826. The molecule has 0 heterocycles. The van der Waals surface area contributed by atoms with Gasteiger partial charge in [-0.3, -0.25) is 4.79 Å². The molecule has 0 aliphatic heterocycles. The van der Waals surface area contributed by atoms with E-state index in [0.717, 1.165) is 12.0 Å². The third kappa shape index (κ3) is 2.84. The summed E-state index contributed by atoms with van der Waals surface area (Å²) in [5.74, 6) is -0.159. The van der Waals surface area contributed by atoms with Crippen molar-refractivity contribution < 1.29 is 9.53 Å². The summed E-state index contributed by atoms with van der Waals surface area (Å²) in [4.78, 5) is 12.0. The number of esters is 1. The van der Waals surface area contributed by atoms with Crippen molar-refractivity contribution in [3.8, 4) is 0 Å². The molecule has 1 atom stereocenters. The topological polar surface area (TPSA) is 26.3 Å². The maximum absolute atomic E-state index is 12.0. The summed E-state index contributed by atoms with van der Waals surface area (Å²) >= 11 is 0. The van der Waals surface area contributed by atoms with E-state index in [1.165, 1.54) is 0 Å². The molecule has 0 radical (unpaired) electrons. The van der Waals surface area contributed by atoms with Crippen LogP contribution in [0, 0.1) is 0 Å². The van der Waals surface area contributed by atoms with Gasteiger partial charge in [0.05, 0.1) is 11.5 Å². The van der Waals surface area contributed by atoms with E-state index < -0.39 is 5.41 Å². The lowest BCUT2D eigenvalue weighted by atomic mass is 9.85. The molecule has 0 saturated heterocycles. The number of carbonyl (C=O) groups is 1. The largest absolute Gasteiger partial charge is 0.462 e. The van der Waals surface area contributed by atoms with Crippen molar-refractivity contribution in [3.63, 3.8) is 0 Å². The first-order valence-corrected chi connectivity index (χ1v) is 5.75. The Kier molecular flexibility index (Phi) is 4.11. The fourth-order valence-corrected chi connectivity index (χ4v) is 1.39. The van der Waals surface area contributed by atoms with E-state index in [1.807, 2.05) is 58.0 Å². The summed E-state index contributed by atoms with van der Waals surface area (Å²) in [6.45, 7) is 7.71. The Bertz CT molecular complexity index is 341. The summed E-state index contributed by atoms with van der Waals surface area (Å²) in [6, 6.07) is 9.73. The quantitative estimate of drug-likeness (QED) is 0.728. The highest BCUT2D eigenvalue weighted by molar-refractivity contribution is 5.82. The average Bonchev–Trinajstić information content (AvgIpc) is 2.29. The average molecular weight is 220 g/mol. The first kappa shape index (κ1) is 12.8. The maximum Gasteiger partial charge on any atom is 0.316 e. The molecule has 0 aliphatic rings. The molecule has 1 aromatic rings. The van der Waals surface area contributed by atoms with Crippen LogP contribution < -0.4 is 0 Å². The van der Waals surface area contributed by atoms with Crippen LogP contribution in [0.5, 0.6) is 0 Å². The van der Waals surface area contributed by atoms with E-state index in [0.29, 0.717) is 0 Å². The van der Waals surface area contributed by atoms with Crippen LogP contribution in [0.3, 0.4) is 0 Å². The van der Waals surface area contributed by atoms with Crippen molar-refractivity contribution in [1.29, 1.82) is 0 Å². The summed E-state index contributed by atoms with van der Waals surface area (Å²) < 4.78 is 5.38. The van der Waals surface area contributed by atoms with Crippen LogP contribution in [0.25, 0.3) is 0 Å². The van der Waals surface area contributed by atoms with Gasteiger partial charge in [-0.25, -0.2) is 0 Å². The monoisotopic (exact) mass is 220 g/mol. The molecular weight excluding hydrogens is 200 g/mol. The number of hydrogen-bond donors (Lipinski definition) is 0. The van der Waals surface area contributed by atoms with E-state index >= 15 is 0 Å². The lowest BCUT2D eigenvalue weighted by Crippen LogP contribution is -2.33. The second-order valence-corrected chi connectivity index (χ2v) is 4.62. The minimum atomic E-state index is -0.579. The van der Waals surface area contributed by atoms with Gasteiger partial charge in [0, 0.05) is 0 Å². The molecule has 0 bridgehead atoms. The van der Waals surface area contributed by atoms with Crippen molar-refractivity contribution in [2.24, 2.45) is 0 Å². The van der Waals surface area contributed by atoms with Crippen LogP contribution in [0.1, 0.15) is 39.7 Å². The molecule has 0 saturated carbocycles. The normalized spacial score (nSPS) is 13.2. The summed E-state index contributed by atoms with van der Waals surface area (Å²) in [5.41, 5.74) is 0.410. The zero-order valence-corrected chi connectivity index (χ0v) is 10.5. The van der Waals surface area contributed by atoms with E-state index in [4.69, 9.17) is 4.74 Å². The Morgan fingerprint density at radius 2 is 1.88 bits per heavy atom. The molecule has 2 nitrogen and oxygen atoms in total. The van der Waals surface area contributed by atoms with Crippen molar-refractivity contribution in [3.05, 3.63) is 35.9 Å². The van der Waals surface area contributed by atoms with Gasteiger partial charge in [-0.15, -0.1) is 0 Å². The van der Waals surface area contributed by atoms with Crippen molar-refractivity contribution >= 4 is 5.97 Å². The minimum absolute atomic E-state index is 0.0181. The lowest BCUT2D eigenvalue weighted by molar-refractivity contribution is -0.154. The zero-order valence-electron chi connectivity index (χ0n) is 10.5. The number of hydrogen-bond acceptors (Lipinski definition) is 2. The predicted octanol–water partition coefficient (Wildman–Crippen LogP) is 3.31. The third-order valence-electron chi connectivity index (χ3n) is 2.89. The molecule has 0 fully saturated rings. The van der Waals surface area contributed by atoms with Gasteiger partial charge in [-0.2, -0.15) is 0 Å². The van der Waals surface area contributed by atoms with Gasteiger partial charge >= 0.3 is 5.97 Å². The van der Waals surface area contributed by atoms with Crippen molar-refractivity contribution in [2.45, 2.75) is 45.6 Å². The van der Waals surface area contributed by atoms with Crippen LogP contribution in [0.4, 0.5) is 0 Å². The molecule has 2 heteroatoms. The Balaban J connectivity index is 2.82. The maximum atomic E-state index is 12.0. The predicted molar refractivity (Wildman–Crippen MR) is 65.3 cm³/mol. The van der Waals surface area contributed by atoms with Gasteiger partial charge in [-0.1, -0.05) is 37.3 Å². The molecule has 88 valence electrons. The smallest absolute Gasteiger partial charge is 0.316 e. The summed E-state index contributed by atoms with van der Waals surface area (Å²) in [7, 11) is 0. The van der Waals surface area contributed by atoms with Gasteiger partial charge in [0.25, 0.3) is 0 Å². The second kappa shape index (κ2) is 5.15. The van der Waals surface area contributed by atoms with E-state index in [2.05, 4.69) is 0 Å². The molecular formula is C14H20O2. The van der Waals surface area contributed by atoms with Gasteiger partial charge < -0.3 is 4.74 Å². The highest BCUT2D eigenvalue weighted by Gasteiger charge is 2.32. The van der Waals surface area contributed by atoms with E-state index in [-0.39, 0.29) is 12.1 Å². The van der Waals surface area contributed by atoms with Crippen molar-refractivity contribution in [2.75, 3.05) is 0 Å². The number of rotatable bonds is 4. The van der Waals surface area contributed by atoms with E-state index in [9.17, 15) is 4.79 Å². The third-order valence-corrected chi connectivity index (χ3v) is 2.89. The molecule has 0 amide bonds. The minimum Gasteiger partial charge on any atom is -0.462 e. The number of ether oxygens (including phenoxy) is 1. The second-order valence-electron chi connectivity index (χ2n) is 4.62. The highest BCUT2D eigenvalue weighted by atomic mass is 16.5. The molecule has 0 aromatic heterocycles. The van der Waals surface area contributed by atoms with Crippen LogP contribution in [-0.4, -0.2) is 12.1 Å². The molecule has 0 aliphatic carbocycles. The zero-order chi connectivity index (χ0) is 12.2. The van der Waals surface area contributed by atoms with Gasteiger partial charge in [0.1, 0.15) is 0 Å². The molecule has 16 heavy (non-hydrogen) atoms. The molecule has 0 N–H and O–H groups in total.